The van der Waals surface area contributed by atoms with E-state index in [9.17, 15) is 26.3 Å². The molecule has 6 nitrogen and oxygen atoms in total. The second-order valence-electron chi connectivity index (χ2n) is 1.26. The number of carbonyl (C=O) groups excluding carboxylic acids is 2. The van der Waals surface area contributed by atoms with Crippen molar-refractivity contribution in [2.45, 2.75) is 12.7 Å². The Morgan fingerprint density at radius 3 is 0.789 bits per heavy atom. The summed E-state index contributed by atoms with van der Waals surface area (Å²) in [5.41, 5.74) is 0. The minimum atomic E-state index is -4.87. The topological polar surface area (TPSA) is 116 Å². The van der Waals surface area contributed by atoms with E-state index in [1.807, 2.05) is 0 Å². The van der Waals surface area contributed by atoms with Crippen molar-refractivity contribution in [3.8, 4) is 0 Å². The molecule has 4 N–H and O–H groups in total. The molecule has 0 radical (unpaired) electrons. The average Bonchev–Trinajstić information content (AvgIpc) is 1.81. The molecule has 0 aromatic rings. The summed E-state index contributed by atoms with van der Waals surface area (Å²) >= 11 is 0. The van der Waals surface area contributed by atoms with Crippen molar-refractivity contribution in [3.63, 3.8) is 0 Å². The maximum Gasteiger partial charge on any atom is 0.541 e. The van der Waals surface area contributed by atoms with E-state index in [1.165, 1.54) is 0 Å². The Morgan fingerprint density at radius 1 is 0.632 bits per heavy atom. The Morgan fingerprint density at radius 2 is 0.789 bits per heavy atom. The Labute approximate surface area is 83.3 Å². The van der Waals surface area contributed by atoms with Crippen molar-refractivity contribution >= 4 is 12.9 Å². The van der Waals surface area contributed by atoms with Crippen LogP contribution in [0.1, 0.15) is 0 Å². The molecule has 0 saturated heterocycles. The van der Waals surface area contributed by atoms with E-state index in [1.54, 1.807) is 0 Å². The van der Waals surface area contributed by atoms with Gasteiger partial charge in [0.25, 0.3) is 0 Å². The van der Waals surface area contributed by atoms with Gasteiger partial charge in [-0.25, -0.2) is 0 Å². The predicted octanol–water partition coefficient (Wildman–Crippen LogP) is -0.469. The van der Waals surface area contributed by atoms with Gasteiger partial charge in [-0.2, -0.15) is 0 Å². The van der Waals surface area contributed by atoms with E-state index in [0.717, 1.165) is 0 Å². The molecule has 0 amide bonds. The summed E-state index contributed by atoms with van der Waals surface area (Å²) in [5, 5.41) is 0. The first-order valence-corrected chi connectivity index (χ1v) is 2.36. The van der Waals surface area contributed by atoms with E-state index in [0.29, 0.717) is 0 Å². The molecular formula is C4H4F6O6Rf3-2. The van der Waals surface area contributed by atoms with Gasteiger partial charge in [-0.05, 0) is 0 Å². The molecule has 0 spiro atoms. The van der Waals surface area contributed by atoms with Crippen LogP contribution in [0.4, 0.5) is 26.3 Å². The molecule has 15 heteroatoms. The fraction of sp³-hybridized carbons (Fsp3) is 0.500. The van der Waals surface area contributed by atoms with Crippen LogP contribution in [0.3, 0.4) is 0 Å². The van der Waals surface area contributed by atoms with Gasteiger partial charge in [-0.15, -0.1) is 26.3 Å². The summed E-state index contributed by atoms with van der Waals surface area (Å²) < 4.78 is 68.3. The van der Waals surface area contributed by atoms with Crippen LogP contribution in [0.2, 0.25) is 0 Å². The fourth-order valence-corrected chi connectivity index (χ4v) is 0.0945. The monoisotopic (exact) mass is 1060 g/mol. The standard InChI is InChI=1S/2C2F3O2.2H2O.3Rf/c2*3-2(4,5)7-1-6;;;;;/h;;2*1H2;;;/q2*-1;;;;;. The maximum atomic E-state index is 10.6. The molecular weight excluding hydrogens is 1060 g/mol. The second-order valence-corrected chi connectivity index (χ2v) is 1.26. The largest absolute Gasteiger partial charge is 0.576 e. The van der Waals surface area contributed by atoms with Crippen LogP contribution in [-0.4, -0.2) is 36.6 Å². The molecule has 19 heavy (non-hydrogen) atoms. The Bertz CT molecular complexity index is 167. The summed E-state index contributed by atoms with van der Waals surface area (Å²) in [6.07, 6.45) is -9.75. The van der Waals surface area contributed by atoms with Crippen LogP contribution in [0.5, 0.6) is 0 Å². The molecule has 0 aliphatic heterocycles. The van der Waals surface area contributed by atoms with Crippen LogP contribution in [0, 0.1) is 0 Å². The summed E-state index contributed by atoms with van der Waals surface area (Å²) in [6.45, 7) is 0.465. The molecule has 0 bridgehead atoms. The zero-order valence-corrected chi connectivity index (χ0v) is 28.2. The van der Waals surface area contributed by atoms with E-state index < -0.39 is 12.7 Å². The van der Waals surface area contributed by atoms with E-state index in [2.05, 4.69) is 9.47 Å². The van der Waals surface area contributed by atoms with Crippen molar-refractivity contribution in [2.24, 2.45) is 0 Å². The molecule has 0 aliphatic rings. The molecule has 0 heterocycles. The van der Waals surface area contributed by atoms with Crippen LogP contribution in [0.15, 0.2) is 0 Å². The second kappa shape index (κ2) is 15.9. The van der Waals surface area contributed by atoms with Gasteiger partial charge in [0.05, 0.1) is 0 Å². The van der Waals surface area contributed by atoms with Gasteiger partial charge in [-0.3, -0.25) is 0 Å². The minimum Gasteiger partial charge on any atom is -0.576 e. The van der Waals surface area contributed by atoms with E-state index >= 15 is 0 Å². The Hall–Kier alpha value is -4.56. The van der Waals surface area contributed by atoms with Crippen molar-refractivity contribution in [1.29, 1.82) is 0 Å². The van der Waals surface area contributed by atoms with Gasteiger partial charge >= 0.3 is 12.7 Å². The normalized spacial score (nSPS) is 7.89. The van der Waals surface area contributed by atoms with Gasteiger partial charge in [0.15, 0.2) is 0 Å². The number of ether oxygens (including phenoxy) is 2. The van der Waals surface area contributed by atoms with Gasteiger partial charge in [0.1, 0.15) is 0 Å². The molecule has 0 aliphatic carbocycles. The number of halogens is 6. The van der Waals surface area contributed by atoms with E-state index in [4.69, 9.17) is 9.59 Å². The van der Waals surface area contributed by atoms with Crippen LogP contribution >= 0.6 is 0 Å². The number of alkyl halides is 6. The third-order valence-electron chi connectivity index (χ3n) is 0.315. The molecule has 0 aromatic heterocycles. The SMILES string of the molecule is O.O.O=[C-]OC(F)(F)F.O=[C-]OC(F)(F)F.[Rf].[Rf].[Rf]. The van der Waals surface area contributed by atoms with E-state index in [-0.39, 0.29) is 23.9 Å². The first kappa shape index (κ1) is 47.1. The molecule has 0 saturated carbocycles. The molecule has 0 rings (SSSR count). The van der Waals surface area contributed by atoms with Crippen molar-refractivity contribution in [1.82, 2.24) is 0 Å². The summed E-state index contributed by atoms with van der Waals surface area (Å²) in [5.74, 6) is 0. The van der Waals surface area contributed by atoms with Crippen molar-refractivity contribution in [3.05, 3.63) is 0 Å². The van der Waals surface area contributed by atoms with Crippen LogP contribution in [0.25, 0.3) is 0 Å². The molecule has 0 unspecified atom stereocenters. The van der Waals surface area contributed by atoms with Crippen molar-refractivity contribution in [2.75, 3.05) is 0 Å². The minimum absolute atomic E-state index is 0. The van der Waals surface area contributed by atoms with Crippen molar-refractivity contribution < 1.29 is 56.4 Å². The third kappa shape index (κ3) is 149. The van der Waals surface area contributed by atoms with Gasteiger partial charge in [-0.1, -0.05) is 12.9 Å². The van der Waals surface area contributed by atoms with Gasteiger partial charge in [0.2, 0.25) is 0 Å². The Kier molecular flexibility index (Phi) is 39.4. The van der Waals surface area contributed by atoms with Crippen LogP contribution < -0.4 is 0 Å². The molecule has 0 fully saturated rings. The van der Waals surface area contributed by atoms with Gasteiger partial charge in [0, 0.05) is 0 Å². The molecule has 0 aromatic carbocycles. The average molecular weight is 1060 g/mol. The smallest absolute Gasteiger partial charge is 0.541 e. The number of hydrogen-bond acceptors (Lipinski definition) is 4. The van der Waals surface area contributed by atoms with Gasteiger partial charge < -0.3 is 30.0 Å². The summed E-state index contributed by atoms with van der Waals surface area (Å²) in [4.78, 5) is 17.5. The fourth-order valence-electron chi connectivity index (χ4n) is 0.0945. The summed E-state index contributed by atoms with van der Waals surface area (Å²) in [6, 6.07) is 0. The number of rotatable bonds is 2. The number of hydrogen-bond donors (Lipinski definition) is 0. The third-order valence-corrected chi connectivity index (χ3v) is 0.315. The zero-order chi connectivity index (χ0) is 11.8. The zero-order valence-electron chi connectivity index (χ0n) is 9.02. The quantitative estimate of drug-likeness (QED) is 0.275. The summed E-state index contributed by atoms with van der Waals surface area (Å²) in [7, 11) is 0. The Balaban J connectivity index is -0.0000000240. The first-order chi connectivity index (χ1) is 6.12. The molecule has 0 atom stereocenters. The molecule has 106 valence electrons. The first-order valence-electron chi connectivity index (χ1n) is 2.36. The predicted molar refractivity (Wildman–Crippen MR) is 32.9 cm³/mol. The van der Waals surface area contributed by atoms with Crippen LogP contribution in [-0.2, 0) is 19.1 Å². The maximum absolute atomic E-state index is 10.6.